The number of nitrogens with one attached hydrogen (secondary N) is 1. The predicted molar refractivity (Wildman–Crippen MR) is 130 cm³/mol. The van der Waals surface area contributed by atoms with Crippen LogP contribution in [0, 0.1) is 28.6 Å². The first-order valence-corrected chi connectivity index (χ1v) is 13.0. The fourth-order valence-electron chi connectivity index (χ4n) is 7.82. The van der Waals surface area contributed by atoms with Crippen molar-refractivity contribution in [3.63, 3.8) is 0 Å². The van der Waals surface area contributed by atoms with Crippen molar-refractivity contribution in [2.45, 2.75) is 63.8 Å². The molecule has 0 saturated heterocycles. The summed E-state index contributed by atoms with van der Waals surface area (Å²) < 4.78 is 27.3. The van der Waals surface area contributed by atoms with Crippen molar-refractivity contribution in [2.75, 3.05) is 33.0 Å². The zero-order chi connectivity index (χ0) is 27.2. The largest absolute Gasteiger partial charge is 0.441 e. The van der Waals surface area contributed by atoms with Gasteiger partial charge in [-0.15, -0.1) is 0 Å². The fraction of sp³-hybridized carbons (Fsp3) is 0.741. The van der Waals surface area contributed by atoms with E-state index in [0.29, 0.717) is 24.8 Å². The number of amides is 1. The molecule has 0 spiro atoms. The van der Waals surface area contributed by atoms with Crippen LogP contribution in [-0.4, -0.2) is 83.3 Å². The summed E-state index contributed by atoms with van der Waals surface area (Å²) in [5, 5.41) is 34.4. The molecule has 0 aliphatic heterocycles. The Balaban J connectivity index is 1.52. The Bertz CT molecular complexity index is 1010. The number of ketones is 2. The van der Waals surface area contributed by atoms with E-state index in [4.69, 9.17) is 14.6 Å². The van der Waals surface area contributed by atoms with E-state index in [2.05, 4.69) is 5.32 Å². The Kier molecular flexibility index (Phi) is 7.44. The molecule has 206 valence electrons. The first kappa shape index (κ1) is 27.9. The molecule has 4 aliphatic rings. The number of carbonyl (C=O) groups excluding carboxylic acids is 3. The smallest absolute Gasteiger partial charge is 0.407 e. The molecule has 4 aliphatic carbocycles. The molecule has 4 N–H and O–H groups in total. The third-order valence-electron chi connectivity index (χ3n) is 9.73. The first-order chi connectivity index (χ1) is 17.4. The zero-order valence-corrected chi connectivity index (χ0v) is 21.7. The lowest BCUT2D eigenvalue weighted by molar-refractivity contribution is -0.219. The fourth-order valence-corrected chi connectivity index (χ4v) is 7.82. The number of fused-ring (bicyclic) bond motifs is 5. The van der Waals surface area contributed by atoms with Gasteiger partial charge in [0.1, 0.15) is 5.60 Å². The Morgan fingerprint density at radius 3 is 2.68 bits per heavy atom. The Labute approximate surface area is 216 Å². The molecule has 0 bridgehead atoms. The van der Waals surface area contributed by atoms with Gasteiger partial charge in [0, 0.05) is 23.3 Å². The molecule has 1 amide bonds. The van der Waals surface area contributed by atoms with E-state index in [1.54, 1.807) is 26.8 Å². The lowest BCUT2D eigenvalue weighted by Crippen LogP contribution is -2.69. The van der Waals surface area contributed by atoms with Gasteiger partial charge in [-0.1, -0.05) is 25.5 Å². The van der Waals surface area contributed by atoms with E-state index in [-0.39, 0.29) is 38.6 Å². The number of alkyl halides is 1. The second-order valence-electron chi connectivity index (χ2n) is 11.4. The van der Waals surface area contributed by atoms with Gasteiger partial charge in [-0.2, -0.15) is 0 Å². The molecule has 0 aromatic rings. The molecular formula is C27H38FNO8. The number of aliphatic hydroxyl groups excluding tert-OH is 2. The summed E-state index contributed by atoms with van der Waals surface area (Å²) >= 11 is 0. The molecule has 8 atom stereocenters. The molecule has 0 aromatic carbocycles. The van der Waals surface area contributed by atoms with Crippen LogP contribution in [0.5, 0.6) is 0 Å². The van der Waals surface area contributed by atoms with E-state index in [0.717, 1.165) is 0 Å². The zero-order valence-electron chi connectivity index (χ0n) is 21.7. The number of halogens is 1. The topological polar surface area (TPSA) is 142 Å². The number of hydrogen-bond acceptors (Lipinski definition) is 8. The molecule has 3 saturated carbocycles. The third kappa shape index (κ3) is 4.07. The second-order valence-corrected chi connectivity index (χ2v) is 11.4. The van der Waals surface area contributed by atoms with Crippen LogP contribution in [-0.2, 0) is 19.1 Å². The quantitative estimate of drug-likeness (QED) is 0.352. The summed E-state index contributed by atoms with van der Waals surface area (Å²) in [6, 6.07) is 0. The minimum absolute atomic E-state index is 0.120. The number of rotatable bonds is 8. The Hall–Kier alpha value is -2.14. The number of aliphatic hydroxyl groups is 3. The van der Waals surface area contributed by atoms with E-state index in [1.165, 1.54) is 12.2 Å². The average Bonchev–Trinajstić information content (AvgIpc) is 3.05. The highest BCUT2D eigenvalue weighted by Gasteiger charge is 2.75. The second kappa shape index (κ2) is 9.87. The van der Waals surface area contributed by atoms with Crippen LogP contribution >= 0.6 is 0 Å². The van der Waals surface area contributed by atoms with E-state index in [9.17, 15) is 24.6 Å². The van der Waals surface area contributed by atoms with E-state index < -0.39 is 64.4 Å². The molecule has 0 aromatic heterocycles. The number of carbonyl (C=O) groups is 3. The predicted octanol–water partition coefficient (Wildman–Crippen LogP) is 1.64. The highest BCUT2D eigenvalue weighted by molar-refractivity contribution is 6.01. The maximum atomic E-state index is 17.2. The minimum atomic E-state index is -2.05. The van der Waals surface area contributed by atoms with E-state index in [1.807, 2.05) is 0 Å². The maximum absolute atomic E-state index is 17.2. The van der Waals surface area contributed by atoms with Crippen LogP contribution in [0.25, 0.3) is 0 Å². The van der Waals surface area contributed by atoms with Gasteiger partial charge in [-0.25, -0.2) is 9.18 Å². The number of allylic oxidation sites excluding steroid dienone is 4. The molecule has 37 heavy (non-hydrogen) atoms. The monoisotopic (exact) mass is 523 g/mol. The van der Waals surface area contributed by atoms with Crippen molar-refractivity contribution < 1.29 is 43.6 Å². The van der Waals surface area contributed by atoms with Crippen molar-refractivity contribution in [1.29, 1.82) is 0 Å². The van der Waals surface area contributed by atoms with Crippen LogP contribution in [0.3, 0.4) is 0 Å². The van der Waals surface area contributed by atoms with Crippen LogP contribution < -0.4 is 5.32 Å². The summed E-state index contributed by atoms with van der Waals surface area (Å²) in [4.78, 5) is 37.4. The summed E-state index contributed by atoms with van der Waals surface area (Å²) in [7, 11) is 0. The summed E-state index contributed by atoms with van der Waals surface area (Å²) in [6.45, 7) is 4.80. The molecule has 3 fully saturated rings. The van der Waals surface area contributed by atoms with Gasteiger partial charge in [0.05, 0.1) is 25.9 Å². The van der Waals surface area contributed by atoms with Gasteiger partial charge in [0.25, 0.3) is 0 Å². The number of hydrogen-bond donors (Lipinski definition) is 4. The Morgan fingerprint density at radius 2 is 1.97 bits per heavy atom. The number of ether oxygens (including phenoxy) is 2. The molecule has 0 heterocycles. The maximum Gasteiger partial charge on any atom is 0.407 e. The van der Waals surface area contributed by atoms with Gasteiger partial charge in [0.15, 0.2) is 18.1 Å². The molecule has 9 nitrogen and oxygen atoms in total. The van der Waals surface area contributed by atoms with Crippen molar-refractivity contribution >= 4 is 17.7 Å². The molecule has 4 rings (SSSR count). The molecule has 10 heteroatoms. The normalized spacial score (nSPS) is 42.4. The number of Topliss-reactive ketones (excluding diaryl/α,β-unsaturated/α-hetero) is 1. The summed E-state index contributed by atoms with van der Waals surface area (Å²) in [5.74, 6) is -2.45. The van der Waals surface area contributed by atoms with Crippen molar-refractivity contribution in [3.05, 3.63) is 23.8 Å². The van der Waals surface area contributed by atoms with Crippen molar-refractivity contribution in [2.24, 2.45) is 28.6 Å². The van der Waals surface area contributed by atoms with Crippen molar-refractivity contribution in [3.8, 4) is 0 Å². The summed E-state index contributed by atoms with van der Waals surface area (Å²) in [6.07, 6.45) is 3.20. The molecule has 5 unspecified atom stereocenters. The lowest BCUT2D eigenvalue weighted by Gasteiger charge is -2.62. The van der Waals surface area contributed by atoms with Crippen LogP contribution in [0.15, 0.2) is 23.8 Å². The van der Waals surface area contributed by atoms with Crippen LogP contribution in [0.4, 0.5) is 9.18 Å². The highest BCUT2D eigenvalue weighted by Crippen LogP contribution is 2.70. The van der Waals surface area contributed by atoms with Gasteiger partial charge in [0.2, 0.25) is 5.78 Å². The molecule has 0 radical (unpaired) electrons. The average molecular weight is 524 g/mol. The minimum Gasteiger partial charge on any atom is -0.441 e. The van der Waals surface area contributed by atoms with E-state index >= 15 is 4.39 Å². The Morgan fingerprint density at radius 1 is 1.24 bits per heavy atom. The van der Waals surface area contributed by atoms with Gasteiger partial charge in [-0.05, 0) is 56.6 Å². The highest BCUT2D eigenvalue weighted by atomic mass is 19.1. The standard InChI is InChI=1S/C27H38FNO8/c1-16-12-20-19-5-4-17-13-18(31)6-7-24(17,2)26(19,28)21(32)14-25(20,3)27(16,35)22(33)15-37-23(34)29-8-10-36-11-9-30/h6-7,13,16,19-21,30,32,35H,4-5,8-12,14-15H2,1-3H3,(H,29,34)/t16-,19?,20?,21?,24?,25?,26+,27+/m1/s1. The van der Waals surface area contributed by atoms with Gasteiger partial charge >= 0.3 is 6.09 Å². The van der Waals surface area contributed by atoms with Crippen LogP contribution in [0.2, 0.25) is 0 Å². The van der Waals surface area contributed by atoms with Gasteiger partial charge in [-0.3, -0.25) is 9.59 Å². The SMILES string of the molecule is C[C@@H]1CC2C3CCC4=CC(=O)C=CC4(C)[C@@]3(F)C(O)CC2(C)[C@@]1(O)C(=O)COC(=O)NCCOCCO. The third-order valence-corrected chi connectivity index (χ3v) is 9.73. The van der Waals surface area contributed by atoms with Gasteiger partial charge < -0.3 is 30.1 Å². The summed E-state index contributed by atoms with van der Waals surface area (Å²) in [5.41, 5.74) is -5.59. The first-order valence-electron chi connectivity index (χ1n) is 13.0. The number of alkyl carbamates (subject to hydrolysis) is 1. The van der Waals surface area contributed by atoms with Crippen LogP contribution in [0.1, 0.15) is 46.5 Å². The molecular weight excluding hydrogens is 485 g/mol. The lowest BCUT2D eigenvalue weighted by atomic mass is 9.44. The van der Waals surface area contributed by atoms with Crippen molar-refractivity contribution in [1.82, 2.24) is 5.32 Å².